The molecular weight excluding hydrogens is 248 g/mol. The topological polar surface area (TPSA) is 56.7 Å². The SMILES string of the molecule is NCc1ccccc1Cn1cncc1-c1cccnc1. The molecule has 3 aromatic rings. The van der Waals surface area contributed by atoms with E-state index in [0.717, 1.165) is 17.8 Å². The maximum absolute atomic E-state index is 5.79. The second-order valence-electron chi connectivity index (χ2n) is 4.62. The van der Waals surface area contributed by atoms with Crippen molar-refractivity contribution in [2.75, 3.05) is 0 Å². The molecule has 0 saturated heterocycles. The Labute approximate surface area is 117 Å². The van der Waals surface area contributed by atoms with Crippen molar-refractivity contribution in [3.63, 3.8) is 0 Å². The summed E-state index contributed by atoms with van der Waals surface area (Å²) >= 11 is 0. The molecule has 100 valence electrons. The van der Waals surface area contributed by atoms with Crippen LogP contribution in [0.4, 0.5) is 0 Å². The van der Waals surface area contributed by atoms with Gasteiger partial charge >= 0.3 is 0 Å². The van der Waals surface area contributed by atoms with Gasteiger partial charge in [-0.3, -0.25) is 4.98 Å². The summed E-state index contributed by atoms with van der Waals surface area (Å²) in [5.41, 5.74) is 10.3. The first-order valence-corrected chi connectivity index (χ1v) is 6.56. The Morgan fingerprint density at radius 1 is 0.950 bits per heavy atom. The summed E-state index contributed by atoms with van der Waals surface area (Å²) in [6.07, 6.45) is 7.33. The first-order valence-electron chi connectivity index (χ1n) is 6.56. The summed E-state index contributed by atoms with van der Waals surface area (Å²) < 4.78 is 2.12. The Morgan fingerprint density at radius 3 is 2.55 bits per heavy atom. The molecular formula is C16H16N4. The average molecular weight is 264 g/mol. The van der Waals surface area contributed by atoms with Gasteiger partial charge in [0.25, 0.3) is 0 Å². The van der Waals surface area contributed by atoms with Crippen molar-refractivity contribution >= 4 is 0 Å². The molecule has 0 fully saturated rings. The van der Waals surface area contributed by atoms with Crippen LogP contribution in [0, 0.1) is 0 Å². The van der Waals surface area contributed by atoms with E-state index in [9.17, 15) is 0 Å². The van der Waals surface area contributed by atoms with Crippen LogP contribution in [0.5, 0.6) is 0 Å². The van der Waals surface area contributed by atoms with Gasteiger partial charge in [0.15, 0.2) is 0 Å². The fourth-order valence-corrected chi connectivity index (χ4v) is 2.30. The van der Waals surface area contributed by atoms with Crippen molar-refractivity contribution in [2.45, 2.75) is 13.1 Å². The Bertz CT molecular complexity index is 688. The maximum atomic E-state index is 5.79. The van der Waals surface area contributed by atoms with E-state index in [1.165, 1.54) is 11.1 Å². The van der Waals surface area contributed by atoms with Gasteiger partial charge in [0.05, 0.1) is 18.2 Å². The number of rotatable bonds is 4. The Hall–Kier alpha value is -2.46. The Morgan fingerprint density at radius 2 is 1.80 bits per heavy atom. The first kappa shape index (κ1) is 12.6. The zero-order valence-electron chi connectivity index (χ0n) is 11.1. The standard InChI is InChI=1S/C16H16N4/c17-8-13-4-1-2-5-15(13)11-20-12-19-10-16(20)14-6-3-7-18-9-14/h1-7,9-10,12H,8,11,17H2. The monoisotopic (exact) mass is 264 g/mol. The minimum absolute atomic E-state index is 0.549. The van der Waals surface area contributed by atoms with Crippen molar-refractivity contribution in [1.82, 2.24) is 14.5 Å². The predicted octanol–water partition coefficient (Wildman–Crippen LogP) is 2.45. The fraction of sp³-hybridized carbons (Fsp3) is 0.125. The largest absolute Gasteiger partial charge is 0.326 e. The molecule has 0 spiro atoms. The molecule has 0 aliphatic carbocycles. The molecule has 0 saturated carbocycles. The second-order valence-corrected chi connectivity index (χ2v) is 4.62. The van der Waals surface area contributed by atoms with Crippen LogP contribution in [0.25, 0.3) is 11.3 Å². The molecule has 0 amide bonds. The highest BCUT2D eigenvalue weighted by molar-refractivity contribution is 5.57. The third-order valence-corrected chi connectivity index (χ3v) is 3.35. The van der Waals surface area contributed by atoms with E-state index in [0.29, 0.717) is 6.54 Å². The zero-order valence-corrected chi connectivity index (χ0v) is 11.1. The smallest absolute Gasteiger partial charge is 0.0954 e. The van der Waals surface area contributed by atoms with Crippen LogP contribution >= 0.6 is 0 Å². The van der Waals surface area contributed by atoms with Crippen molar-refractivity contribution in [2.24, 2.45) is 5.73 Å². The lowest BCUT2D eigenvalue weighted by Crippen LogP contribution is -2.06. The number of imidazole rings is 1. The summed E-state index contributed by atoms with van der Waals surface area (Å²) in [5.74, 6) is 0. The van der Waals surface area contributed by atoms with Gasteiger partial charge in [-0.05, 0) is 23.3 Å². The van der Waals surface area contributed by atoms with E-state index >= 15 is 0 Å². The number of pyridine rings is 1. The number of hydrogen-bond donors (Lipinski definition) is 1. The molecule has 2 aromatic heterocycles. The number of hydrogen-bond acceptors (Lipinski definition) is 3. The van der Waals surface area contributed by atoms with Gasteiger partial charge in [0.2, 0.25) is 0 Å². The van der Waals surface area contributed by atoms with Gasteiger partial charge in [-0.25, -0.2) is 4.98 Å². The maximum Gasteiger partial charge on any atom is 0.0954 e. The van der Waals surface area contributed by atoms with Crippen LogP contribution in [0.2, 0.25) is 0 Å². The van der Waals surface area contributed by atoms with E-state index in [1.54, 1.807) is 6.20 Å². The minimum atomic E-state index is 0.549. The molecule has 0 atom stereocenters. The Balaban J connectivity index is 1.95. The zero-order chi connectivity index (χ0) is 13.8. The summed E-state index contributed by atoms with van der Waals surface area (Å²) in [6.45, 7) is 1.31. The minimum Gasteiger partial charge on any atom is -0.326 e. The number of aromatic nitrogens is 3. The number of nitrogens with zero attached hydrogens (tertiary/aromatic N) is 3. The van der Waals surface area contributed by atoms with Crippen LogP contribution in [0.1, 0.15) is 11.1 Å². The van der Waals surface area contributed by atoms with Crippen LogP contribution in [0.3, 0.4) is 0 Å². The Kier molecular flexibility index (Phi) is 3.56. The van der Waals surface area contributed by atoms with E-state index in [1.807, 2.05) is 43.0 Å². The summed E-state index contributed by atoms with van der Waals surface area (Å²) in [6, 6.07) is 12.2. The van der Waals surface area contributed by atoms with Crippen molar-refractivity contribution in [1.29, 1.82) is 0 Å². The lowest BCUT2D eigenvalue weighted by molar-refractivity contribution is 0.791. The summed E-state index contributed by atoms with van der Waals surface area (Å²) in [5, 5.41) is 0. The average Bonchev–Trinajstić information content (AvgIpc) is 2.97. The van der Waals surface area contributed by atoms with Crippen molar-refractivity contribution < 1.29 is 0 Å². The summed E-state index contributed by atoms with van der Waals surface area (Å²) in [7, 11) is 0. The van der Waals surface area contributed by atoms with Gasteiger partial charge in [-0.15, -0.1) is 0 Å². The van der Waals surface area contributed by atoms with Crippen LogP contribution < -0.4 is 5.73 Å². The van der Waals surface area contributed by atoms with Gasteiger partial charge < -0.3 is 10.3 Å². The molecule has 3 rings (SSSR count). The van der Waals surface area contributed by atoms with E-state index < -0.39 is 0 Å². The van der Waals surface area contributed by atoms with Crippen LogP contribution in [-0.4, -0.2) is 14.5 Å². The number of nitrogens with two attached hydrogens (primary N) is 1. The van der Waals surface area contributed by atoms with Gasteiger partial charge in [0.1, 0.15) is 0 Å². The second kappa shape index (κ2) is 5.67. The highest BCUT2D eigenvalue weighted by atomic mass is 15.0. The van der Waals surface area contributed by atoms with E-state index in [4.69, 9.17) is 5.73 Å². The summed E-state index contributed by atoms with van der Waals surface area (Å²) in [4.78, 5) is 8.42. The molecule has 2 N–H and O–H groups in total. The highest BCUT2D eigenvalue weighted by Crippen LogP contribution is 2.19. The number of benzene rings is 1. The predicted molar refractivity (Wildman–Crippen MR) is 78.9 cm³/mol. The van der Waals surface area contributed by atoms with E-state index in [-0.39, 0.29) is 0 Å². The molecule has 0 aliphatic heterocycles. The molecule has 20 heavy (non-hydrogen) atoms. The van der Waals surface area contributed by atoms with Gasteiger partial charge in [0, 0.05) is 31.0 Å². The lowest BCUT2D eigenvalue weighted by atomic mass is 10.1. The molecule has 2 heterocycles. The van der Waals surface area contributed by atoms with Crippen LogP contribution in [0.15, 0.2) is 61.3 Å². The molecule has 0 bridgehead atoms. The fourth-order valence-electron chi connectivity index (χ4n) is 2.30. The van der Waals surface area contributed by atoms with Crippen molar-refractivity contribution in [3.8, 4) is 11.3 Å². The molecule has 4 nitrogen and oxygen atoms in total. The molecule has 1 aromatic carbocycles. The third kappa shape index (κ3) is 2.46. The van der Waals surface area contributed by atoms with Gasteiger partial charge in [-0.1, -0.05) is 24.3 Å². The highest BCUT2D eigenvalue weighted by Gasteiger charge is 2.07. The molecule has 0 aliphatic rings. The van der Waals surface area contributed by atoms with Crippen molar-refractivity contribution in [3.05, 3.63) is 72.4 Å². The first-order chi connectivity index (χ1) is 9.88. The third-order valence-electron chi connectivity index (χ3n) is 3.35. The molecule has 4 heteroatoms. The van der Waals surface area contributed by atoms with Crippen LogP contribution in [-0.2, 0) is 13.1 Å². The normalized spacial score (nSPS) is 10.7. The molecule has 0 radical (unpaired) electrons. The van der Waals surface area contributed by atoms with Gasteiger partial charge in [-0.2, -0.15) is 0 Å². The lowest BCUT2D eigenvalue weighted by Gasteiger charge is -2.11. The quantitative estimate of drug-likeness (QED) is 0.787. The molecule has 0 unspecified atom stereocenters. The van der Waals surface area contributed by atoms with E-state index in [2.05, 4.69) is 26.7 Å².